The zero-order valence-corrected chi connectivity index (χ0v) is 11.8. The van der Waals surface area contributed by atoms with E-state index in [0.29, 0.717) is 12.2 Å². The molecule has 1 amide bonds. The van der Waals surface area contributed by atoms with E-state index in [2.05, 4.69) is 5.32 Å². The average Bonchev–Trinajstić information content (AvgIpc) is 2.50. The lowest BCUT2D eigenvalue weighted by Gasteiger charge is -2.11. The lowest BCUT2D eigenvalue weighted by molar-refractivity contribution is -0.145. The van der Waals surface area contributed by atoms with Crippen LogP contribution < -0.4 is 10.1 Å². The predicted molar refractivity (Wildman–Crippen MR) is 75.5 cm³/mol. The lowest BCUT2D eigenvalue weighted by atomic mass is 10.1. The Kier molecular flexibility index (Phi) is 6.07. The number of benzene rings is 1. The fraction of sp³-hybridized carbons (Fsp3) is 0.400. The van der Waals surface area contributed by atoms with Crippen LogP contribution in [-0.4, -0.2) is 31.1 Å². The van der Waals surface area contributed by atoms with Crippen molar-refractivity contribution in [3.63, 3.8) is 0 Å². The van der Waals surface area contributed by atoms with E-state index in [-0.39, 0.29) is 26.0 Å². The number of nitrogens with zero attached hydrogens (tertiary/aromatic N) is 1. The molecule has 1 N–H and O–H groups in total. The van der Waals surface area contributed by atoms with Gasteiger partial charge in [-0.15, -0.1) is 0 Å². The van der Waals surface area contributed by atoms with Crippen molar-refractivity contribution in [2.75, 3.05) is 13.2 Å². The van der Waals surface area contributed by atoms with Gasteiger partial charge in [0, 0.05) is 14.7 Å². The molecule has 6 nitrogen and oxygen atoms in total. The van der Waals surface area contributed by atoms with E-state index in [9.17, 15) is 9.59 Å². The summed E-state index contributed by atoms with van der Waals surface area (Å²) in [6.45, 7) is 1.17. The molecule has 0 aliphatic heterocycles. The van der Waals surface area contributed by atoms with Crippen molar-refractivity contribution in [1.29, 1.82) is 5.26 Å². The van der Waals surface area contributed by atoms with Crippen LogP contribution in [0.1, 0.15) is 20.8 Å². The van der Waals surface area contributed by atoms with Crippen molar-refractivity contribution in [1.82, 2.24) is 5.32 Å². The quantitative estimate of drug-likeness (QED) is 0.763. The van der Waals surface area contributed by atoms with Crippen LogP contribution in [0.3, 0.4) is 0 Å². The second-order valence-corrected chi connectivity index (χ2v) is 4.24. The number of hydrogen-bond donors (Lipinski definition) is 1. The maximum atomic E-state index is 11.3. The summed E-state index contributed by atoms with van der Waals surface area (Å²) in [5.74, 6) is -0.332. The largest absolute Gasteiger partial charge is 0.482 e. The maximum absolute atomic E-state index is 11.3. The second kappa shape index (κ2) is 8.59. The first kappa shape index (κ1) is 14.9. The number of nitriles is 1. The number of carbonyl (C=O) groups excluding carboxylic acids is 2. The smallest absolute Gasteiger partial charge is 0.344 e. The molecule has 1 aromatic carbocycles. The van der Waals surface area contributed by atoms with Gasteiger partial charge in [-0.05, 0) is 24.6 Å². The number of hydrogen-bond acceptors (Lipinski definition) is 5. The minimum absolute atomic E-state index is 0.0138. The molecule has 0 fully saturated rings. The van der Waals surface area contributed by atoms with Gasteiger partial charge in [0.2, 0.25) is 5.91 Å². The van der Waals surface area contributed by atoms with Gasteiger partial charge < -0.3 is 14.8 Å². The normalized spacial score (nSPS) is 11.7. The van der Waals surface area contributed by atoms with E-state index in [0.717, 1.165) is 5.56 Å². The van der Waals surface area contributed by atoms with Crippen molar-refractivity contribution in [2.24, 2.45) is 0 Å². The minimum atomic E-state index is -0.616. The Labute approximate surface area is 125 Å². The number of ether oxygens (including phenoxy) is 2. The van der Waals surface area contributed by atoms with Crippen LogP contribution in [0.2, 0.25) is 0 Å². The Hall–Kier alpha value is -2.55. The van der Waals surface area contributed by atoms with Crippen molar-refractivity contribution in [3.8, 4) is 11.8 Å². The Morgan fingerprint density at radius 2 is 2.33 bits per heavy atom. The molecule has 0 aliphatic carbocycles. The summed E-state index contributed by atoms with van der Waals surface area (Å²) in [4.78, 5) is 22.3. The van der Waals surface area contributed by atoms with Crippen LogP contribution in [-0.2, 0) is 20.7 Å². The van der Waals surface area contributed by atoms with Gasteiger partial charge in [-0.25, -0.2) is 4.79 Å². The van der Waals surface area contributed by atoms with Gasteiger partial charge in [0.15, 0.2) is 6.61 Å². The molecular formula is C15H18N2O4. The molecule has 0 saturated carbocycles. The van der Waals surface area contributed by atoms with Gasteiger partial charge in [-0.3, -0.25) is 4.79 Å². The summed E-state index contributed by atoms with van der Waals surface area (Å²) in [6.07, 6.45) is 0.344. The van der Waals surface area contributed by atoms with E-state index < -0.39 is 12.0 Å². The zero-order chi connectivity index (χ0) is 16.4. The topological polar surface area (TPSA) is 88.4 Å². The Balaban J connectivity index is 2.56. The van der Waals surface area contributed by atoms with Crippen LogP contribution in [0.4, 0.5) is 0 Å². The molecular weight excluding hydrogens is 272 g/mol. The van der Waals surface area contributed by atoms with Crippen molar-refractivity contribution >= 4 is 11.9 Å². The molecule has 21 heavy (non-hydrogen) atoms. The molecule has 0 aliphatic rings. The van der Waals surface area contributed by atoms with Crippen molar-refractivity contribution < 1.29 is 20.4 Å². The molecule has 0 saturated heterocycles. The van der Waals surface area contributed by atoms with Gasteiger partial charge in [-0.2, -0.15) is 5.26 Å². The zero-order valence-electron chi connectivity index (χ0n) is 12.8. The highest BCUT2D eigenvalue weighted by atomic mass is 16.6. The highest BCUT2D eigenvalue weighted by Gasteiger charge is 2.10. The Bertz CT molecular complexity index is 557. The Morgan fingerprint density at radius 3 is 3.00 bits per heavy atom. The number of amides is 1. The monoisotopic (exact) mass is 292 g/mol. The molecule has 0 aromatic heterocycles. The molecule has 6 heteroatoms. The van der Waals surface area contributed by atoms with Gasteiger partial charge in [0.25, 0.3) is 0 Å². The van der Waals surface area contributed by atoms with E-state index in [1.807, 2.05) is 6.07 Å². The van der Waals surface area contributed by atoms with Crippen LogP contribution in [0, 0.1) is 11.3 Å². The van der Waals surface area contributed by atoms with Crippen LogP contribution in [0.25, 0.3) is 0 Å². The number of esters is 1. The predicted octanol–water partition coefficient (Wildman–Crippen LogP) is 1.20. The fourth-order valence-corrected chi connectivity index (χ4v) is 1.67. The second-order valence-electron chi connectivity index (χ2n) is 4.24. The molecule has 0 radical (unpaired) electrons. The number of nitrogens with one attached hydrogen (secondary N) is 1. The van der Waals surface area contributed by atoms with Crippen LogP contribution in [0.15, 0.2) is 24.3 Å². The summed E-state index contributed by atoms with van der Waals surface area (Å²) in [7, 11) is 0. The van der Waals surface area contributed by atoms with Gasteiger partial charge in [0.05, 0.1) is 12.7 Å². The van der Waals surface area contributed by atoms with Crippen LogP contribution >= 0.6 is 0 Å². The average molecular weight is 292 g/mol. The first-order valence-corrected chi connectivity index (χ1v) is 6.38. The molecule has 112 valence electrons. The van der Waals surface area contributed by atoms with E-state index in [4.69, 9.17) is 16.1 Å². The number of carbonyl (C=O) groups is 2. The summed E-state index contributed by atoms with van der Waals surface area (Å²) in [6, 6.07) is 8.32. The molecule has 0 heterocycles. The molecule has 1 aromatic rings. The first-order chi connectivity index (χ1) is 10.5. The molecule has 0 spiro atoms. The lowest BCUT2D eigenvalue weighted by Crippen LogP contribution is -2.33. The summed E-state index contributed by atoms with van der Waals surface area (Å²) < 4.78 is 16.9. The summed E-state index contributed by atoms with van der Waals surface area (Å²) in [5.41, 5.74) is 0.803. The summed E-state index contributed by atoms with van der Waals surface area (Å²) in [5, 5.41) is 11.5. The minimum Gasteiger partial charge on any atom is -0.482 e. The third kappa shape index (κ3) is 6.43. The molecule has 0 unspecified atom stereocenters. The van der Waals surface area contributed by atoms with Crippen LogP contribution in [0.5, 0.6) is 5.75 Å². The first-order valence-electron chi connectivity index (χ1n) is 7.09. The van der Waals surface area contributed by atoms with Crippen molar-refractivity contribution in [2.45, 2.75) is 26.3 Å². The Morgan fingerprint density at radius 1 is 1.52 bits per heavy atom. The van der Waals surface area contributed by atoms with E-state index in [1.165, 1.54) is 6.92 Å². The highest BCUT2D eigenvalue weighted by Crippen LogP contribution is 2.14. The molecule has 1 rings (SSSR count). The third-order valence-corrected chi connectivity index (χ3v) is 2.49. The molecule has 1 atom stereocenters. The van der Waals surface area contributed by atoms with Crippen molar-refractivity contribution in [3.05, 3.63) is 29.8 Å². The van der Waals surface area contributed by atoms with Gasteiger partial charge >= 0.3 is 5.97 Å². The van der Waals surface area contributed by atoms with E-state index >= 15 is 0 Å². The number of rotatable bonds is 7. The third-order valence-electron chi connectivity index (χ3n) is 2.49. The fourth-order valence-electron chi connectivity index (χ4n) is 1.67. The maximum Gasteiger partial charge on any atom is 0.344 e. The summed E-state index contributed by atoms with van der Waals surface area (Å²) >= 11 is 0. The van der Waals surface area contributed by atoms with E-state index in [1.54, 1.807) is 24.3 Å². The standard InChI is InChI=1S/C15H18N2O4/c1-3-20-15(19)10-21-14-6-4-5-12(8-14)7-13(9-16)17-11(2)18/h4-6,8,13H,3,7,10H2,1-2H3,(H,17,18)/t13-/m0/s1/i1T. The SMILES string of the molecule is [3H]CCOC(=O)COc1cccc(C[C@@H](C#N)NC(C)=O)c1. The highest BCUT2D eigenvalue weighted by molar-refractivity contribution is 5.73. The molecule has 0 bridgehead atoms. The van der Waals surface area contributed by atoms with Gasteiger partial charge in [0.1, 0.15) is 11.8 Å². The van der Waals surface area contributed by atoms with Gasteiger partial charge in [-0.1, -0.05) is 12.1 Å².